The van der Waals surface area contributed by atoms with E-state index in [0.29, 0.717) is 6.42 Å². The summed E-state index contributed by atoms with van der Waals surface area (Å²) in [5.74, 6) is -0.228. The van der Waals surface area contributed by atoms with Gasteiger partial charge in [0, 0.05) is 12.0 Å². The van der Waals surface area contributed by atoms with Crippen LogP contribution in [0.5, 0.6) is 0 Å². The number of hydrogen-bond acceptors (Lipinski definition) is 2. The average Bonchev–Trinajstić information content (AvgIpc) is 2.42. The molecule has 2 nitrogen and oxygen atoms in total. The van der Waals surface area contributed by atoms with Crippen LogP contribution >= 0.6 is 0 Å². The molecular weight excluding hydrogens is 241 g/mol. The highest BCUT2D eigenvalue weighted by atomic mass is 19.1. The molecule has 1 aromatic carbocycles. The Kier molecular flexibility index (Phi) is 4.58. The van der Waals surface area contributed by atoms with E-state index in [1.807, 2.05) is 0 Å². The number of benzene rings is 1. The van der Waals surface area contributed by atoms with Gasteiger partial charge in [-0.3, -0.25) is 4.90 Å². The number of aliphatic hydroxyl groups excluding tert-OH is 1. The monoisotopic (exact) mass is 265 g/mol. The molecule has 106 valence electrons. The van der Waals surface area contributed by atoms with Crippen LogP contribution in [0.2, 0.25) is 0 Å². The number of nitrogens with zero attached hydrogens (tertiary/aromatic N) is 1. The van der Waals surface area contributed by atoms with Crippen molar-refractivity contribution in [1.82, 2.24) is 4.90 Å². The highest BCUT2D eigenvalue weighted by molar-refractivity contribution is 5.17. The maximum absolute atomic E-state index is 12.9. The third kappa shape index (κ3) is 3.54. The van der Waals surface area contributed by atoms with Crippen molar-refractivity contribution in [3.05, 3.63) is 35.6 Å². The lowest BCUT2D eigenvalue weighted by molar-refractivity contribution is -0.0187. The topological polar surface area (TPSA) is 23.5 Å². The van der Waals surface area contributed by atoms with E-state index < -0.39 is 6.10 Å². The van der Waals surface area contributed by atoms with E-state index in [-0.39, 0.29) is 11.4 Å². The van der Waals surface area contributed by atoms with E-state index in [2.05, 4.69) is 18.7 Å². The van der Waals surface area contributed by atoms with Crippen LogP contribution in [0, 0.1) is 5.82 Å². The molecule has 0 spiro atoms. The zero-order valence-electron chi connectivity index (χ0n) is 11.9. The van der Waals surface area contributed by atoms with Crippen LogP contribution in [0.15, 0.2) is 24.3 Å². The van der Waals surface area contributed by atoms with Crippen LogP contribution in [0.25, 0.3) is 0 Å². The van der Waals surface area contributed by atoms with Gasteiger partial charge in [0.05, 0.1) is 6.10 Å². The second kappa shape index (κ2) is 6.02. The van der Waals surface area contributed by atoms with Gasteiger partial charge in [-0.1, -0.05) is 18.6 Å². The Labute approximate surface area is 115 Å². The van der Waals surface area contributed by atoms with E-state index in [4.69, 9.17) is 0 Å². The summed E-state index contributed by atoms with van der Waals surface area (Å²) in [5, 5.41) is 10.5. The largest absolute Gasteiger partial charge is 0.391 e. The molecule has 0 amide bonds. The Morgan fingerprint density at radius 3 is 2.32 bits per heavy atom. The average molecular weight is 265 g/mol. The zero-order valence-corrected chi connectivity index (χ0v) is 11.9. The third-order valence-electron chi connectivity index (χ3n) is 4.33. The minimum Gasteiger partial charge on any atom is -0.391 e. The normalized spacial score (nSPS) is 19.4. The molecule has 1 heterocycles. The predicted octanol–water partition coefficient (Wildman–Crippen LogP) is 2.99. The summed E-state index contributed by atoms with van der Waals surface area (Å²) in [6.07, 6.45) is 3.86. The molecule has 3 heteroatoms. The lowest BCUT2D eigenvalue weighted by atomic mass is 9.88. The van der Waals surface area contributed by atoms with Crippen LogP contribution in [0.4, 0.5) is 4.39 Å². The standard InChI is InChI=1S/C16H24FNO/c1-16(2,18-10-4-3-5-11-18)15(19)12-13-6-8-14(17)9-7-13/h6-9,15,19H,3-5,10-12H2,1-2H3. The first-order chi connectivity index (χ1) is 9.00. The Hall–Kier alpha value is -0.930. The van der Waals surface area contributed by atoms with Crippen LogP contribution in [0.1, 0.15) is 38.7 Å². The molecule has 0 aliphatic carbocycles. The van der Waals surface area contributed by atoms with Crippen LogP contribution in [-0.2, 0) is 6.42 Å². The summed E-state index contributed by atoms with van der Waals surface area (Å²) in [6.45, 7) is 6.33. The van der Waals surface area contributed by atoms with Gasteiger partial charge in [0.1, 0.15) is 5.82 Å². The van der Waals surface area contributed by atoms with Crippen molar-refractivity contribution in [1.29, 1.82) is 0 Å². The highest BCUT2D eigenvalue weighted by Gasteiger charge is 2.34. The van der Waals surface area contributed by atoms with E-state index in [0.717, 1.165) is 18.7 Å². The highest BCUT2D eigenvalue weighted by Crippen LogP contribution is 2.25. The molecule has 1 aliphatic heterocycles. The Morgan fingerprint density at radius 2 is 1.74 bits per heavy atom. The first-order valence-corrected chi connectivity index (χ1v) is 7.18. The van der Waals surface area contributed by atoms with E-state index in [1.54, 1.807) is 12.1 Å². The molecule has 1 N–H and O–H groups in total. The smallest absolute Gasteiger partial charge is 0.123 e. The van der Waals surface area contributed by atoms with Gasteiger partial charge in [0.25, 0.3) is 0 Å². The summed E-state index contributed by atoms with van der Waals surface area (Å²) < 4.78 is 12.9. The van der Waals surface area contributed by atoms with Gasteiger partial charge in [0.15, 0.2) is 0 Å². The molecule has 0 radical (unpaired) electrons. The molecule has 1 saturated heterocycles. The second-order valence-corrected chi connectivity index (χ2v) is 6.05. The molecule has 0 saturated carbocycles. The SMILES string of the molecule is CC(C)(C(O)Cc1ccc(F)cc1)N1CCCCC1. The lowest BCUT2D eigenvalue weighted by Crippen LogP contribution is -2.54. The minimum atomic E-state index is -0.434. The molecular formula is C16H24FNO. The fourth-order valence-corrected chi connectivity index (χ4v) is 2.77. The fraction of sp³-hybridized carbons (Fsp3) is 0.625. The van der Waals surface area contributed by atoms with Gasteiger partial charge >= 0.3 is 0 Å². The molecule has 1 aliphatic rings. The number of halogens is 1. The predicted molar refractivity (Wildman–Crippen MR) is 75.6 cm³/mol. The fourth-order valence-electron chi connectivity index (χ4n) is 2.77. The van der Waals surface area contributed by atoms with Gasteiger partial charge in [-0.2, -0.15) is 0 Å². The van der Waals surface area contributed by atoms with Crippen molar-refractivity contribution in [2.24, 2.45) is 0 Å². The third-order valence-corrected chi connectivity index (χ3v) is 4.33. The molecule has 19 heavy (non-hydrogen) atoms. The molecule has 1 aromatic rings. The van der Waals surface area contributed by atoms with Crippen molar-refractivity contribution in [2.45, 2.75) is 51.2 Å². The van der Waals surface area contributed by atoms with Crippen molar-refractivity contribution >= 4 is 0 Å². The van der Waals surface area contributed by atoms with Gasteiger partial charge < -0.3 is 5.11 Å². The summed E-state index contributed by atoms with van der Waals surface area (Å²) >= 11 is 0. The van der Waals surface area contributed by atoms with Crippen molar-refractivity contribution in [3.63, 3.8) is 0 Å². The van der Waals surface area contributed by atoms with Crippen LogP contribution < -0.4 is 0 Å². The number of piperidine rings is 1. The van der Waals surface area contributed by atoms with Gasteiger partial charge in [-0.15, -0.1) is 0 Å². The summed E-state index contributed by atoms with van der Waals surface area (Å²) in [6, 6.07) is 6.42. The van der Waals surface area contributed by atoms with Gasteiger partial charge in [0.2, 0.25) is 0 Å². The van der Waals surface area contributed by atoms with Crippen LogP contribution in [-0.4, -0.2) is 34.7 Å². The zero-order chi connectivity index (χ0) is 13.9. The van der Waals surface area contributed by atoms with E-state index in [1.165, 1.54) is 31.4 Å². The Morgan fingerprint density at radius 1 is 1.16 bits per heavy atom. The molecule has 0 aromatic heterocycles. The van der Waals surface area contributed by atoms with E-state index in [9.17, 15) is 9.50 Å². The number of hydrogen-bond donors (Lipinski definition) is 1. The van der Waals surface area contributed by atoms with Crippen LogP contribution in [0.3, 0.4) is 0 Å². The molecule has 1 atom stereocenters. The summed E-state index contributed by atoms with van der Waals surface area (Å²) in [4.78, 5) is 2.38. The maximum atomic E-state index is 12.9. The van der Waals surface area contributed by atoms with E-state index >= 15 is 0 Å². The number of likely N-dealkylation sites (tertiary alicyclic amines) is 1. The number of aliphatic hydroxyl groups is 1. The molecule has 2 rings (SSSR count). The quantitative estimate of drug-likeness (QED) is 0.904. The van der Waals surface area contributed by atoms with Crippen molar-refractivity contribution in [3.8, 4) is 0 Å². The lowest BCUT2D eigenvalue weighted by Gasteiger charge is -2.44. The van der Waals surface area contributed by atoms with Crippen molar-refractivity contribution in [2.75, 3.05) is 13.1 Å². The Balaban J connectivity index is 2.00. The van der Waals surface area contributed by atoms with Gasteiger partial charge in [-0.25, -0.2) is 4.39 Å². The van der Waals surface area contributed by atoms with Gasteiger partial charge in [-0.05, 0) is 57.5 Å². The first-order valence-electron chi connectivity index (χ1n) is 7.18. The second-order valence-electron chi connectivity index (χ2n) is 6.05. The molecule has 0 bridgehead atoms. The molecule has 1 fully saturated rings. The number of rotatable bonds is 4. The van der Waals surface area contributed by atoms with Crippen molar-refractivity contribution < 1.29 is 9.50 Å². The first kappa shape index (κ1) is 14.5. The Bertz CT molecular complexity index is 396. The molecule has 1 unspecified atom stereocenters. The summed E-state index contributed by atoms with van der Waals surface area (Å²) in [7, 11) is 0. The minimum absolute atomic E-state index is 0.227. The maximum Gasteiger partial charge on any atom is 0.123 e. The summed E-state index contributed by atoms with van der Waals surface area (Å²) in [5.41, 5.74) is 0.758.